The van der Waals surface area contributed by atoms with Crippen LogP contribution in [0.2, 0.25) is 0 Å². The number of hydrogen-bond donors (Lipinski definition) is 6. The number of anilines is 2. The van der Waals surface area contributed by atoms with E-state index in [1.165, 1.54) is 42.5 Å². The molecule has 41 heavy (non-hydrogen) atoms. The number of nitrogens with one attached hydrogen (secondary N) is 2. The van der Waals surface area contributed by atoms with E-state index < -0.39 is 23.5 Å². The maximum Gasteiger partial charge on any atom is 0.340 e. The Morgan fingerprint density at radius 2 is 1.24 bits per heavy atom. The van der Waals surface area contributed by atoms with E-state index in [2.05, 4.69) is 10.6 Å². The second-order valence-electron chi connectivity index (χ2n) is 9.28. The summed E-state index contributed by atoms with van der Waals surface area (Å²) in [5.74, 6) is -2.86. The lowest BCUT2D eigenvalue weighted by molar-refractivity contribution is 0.0223. The molecule has 6 N–H and O–H groups in total. The standard InChI is InChI=1S/C29H18N2O9S/c32-17-2-5-21-23(11-17)39-24-12-18(33)3-6-22(24)29(21)20-4-1-15(10-19(20)27(38)40-29)30-28(41)31-16-8-13(25(34)35)7-14(9-16)26(36)37/h1-12,32-33H,(H,34,35)(H,36,37)(H2,30,31,41). The number of esters is 1. The minimum absolute atomic E-state index is 0.0117. The number of carboxylic acids is 2. The zero-order chi connectivity index (χ0) is 29.1. The third-order valence-corrected chi connectivity index (χ3v) is 6.92. The van der Waals surface area contributed by atoms with Gasteiger partial charge >= 0.3 is 17.9 Å². The fraction of sp³-hybridized carbons (Fsp3) is 0.0345. The van der Waals surface area contributed by atoms with Crippen molar-refractivity contribution in [2.24, 2.45) is 0 Å². The van der Waals surface area contributed by atoms with Crippen molar-refractivity contribution in [3.05, 3.63) is 106 Å². The fourth-order valence-electron chi connectivity index (χ4n) is 5.02. The van der Waals surface area contributed by atoms with Crippen LogP contribution in [-0.4, -0.2) is 43.4 Å². The van der Waals surface area contributed by atoms with Crippen molar-refractivity contribution >= 4 is 46.6 Å². The molecule has 4 aromatic rings. The van der Waals surface area contributed by atoms with Gasteiger partial charge in [-0.25, -0.2) is 14.4 Å². The molecular formula is C29H18N2O9S. The van der Waals surface area contributed by atoms with Crippen molar-refractivity contribution in [1.29, 1.82) is 0 Å². The molecule has 2 aliphatic heterocycles. The Morgan fingerprint density at radius 3 is 1.80 bits per heavy atom. The van der Waals surface area contributed by atoms with Crippen LogP contribution in [0.15, 0.2) is 72.8 Å². The molecule has 0 saturated carbocycles. The van der Waals surface area contributed by atoms with Crippen LogP contribution in [0.25, 0.3) is 0 Å². The van der Waals surface area contributed by atoms with Crippen LogP contribution >= 0.6 is 12.2 Å². The van der Waals surface area contributed by atoms with Crippen LogP contribution in [0.3, 0.4) is 0 Å². The summed E-state index contributed by atoms with van der Waals surface area (Å²) < 4.78 is 12.0. The van der Waals surface area contributed by atoms with Crippen molar-refractivity contribution in [1.82, 2.24) is 0 Å². The minimum Gasteiger partial charge on any atom is -0.508 e. The lowest BCUT2D eigenvalue weighted by Crippen LogP contribution is -2.32. The van der Waals surface area contributed by atoms with Crippen molar-refractivity contribution in [2.45, 2.75) is 5.60 Å². The molecule has 1 spiro atoms. The fourth-order valence-corrected chi connectivity index (χ4v) is 5.26. The summed E-state index contributed by atoms with van der Waals surface area (Å²) in [5.41, 5.74) is 0.316. The number of benzene rings is 4. The zero-order valence-corrected chi connectivity index (χ0v) is 21.5. The Balaban J connectivity index is 1.36. The number of carbonyl (C=O) groups is 3. The molecule has 0 unspecified atom stereocenters. The van der Waals surface area contributed by atoms with Crippen LogP contribution < -0.4 is 15.4 Å². The average molecular weight is 571 g/mol. The van der Waals surface area contributed by atoms with E-state index in [0.717, 1.165) is 6.07 Å². The van der Waals surface area contributed by atoms with Gasteiger partial charge in [0.05, 0.1) is 16.7 Å². The predicted octanol–water partition coefficient (Wildman–Crippen LogP) is 4.87. The molecular weight excluding hydrogens is 552 g/mol. The Bertz CT molecular complexity index is 1750. The van der Waals surface area contributed by atoms with Gasteiger partial charge in [0.2, 0.25) is 0 Å². The maximum absolute atomic E-state index is 13.3. The monoisotopic (exact) mass is 570 g/mol. The number of ether oxygens (including phenoxy) is 2. The van der Waals surface area contributed by atoms with Crippen molar-refractivity contribution < 1.29 is 44.3 Å². The van der Waals surface area contributed by atoms with Crippen LogP contribution in [0.4, 0.5) is 11.4 Å². The number of carboxylic acid groups (broad SMARTS) is 2. The number of hydrogen-bond acceptors (Lipinski definition) is 8. The molecule has 4 aromatic carbocycles. The van der Waals surface area contributed by atoms with Crippen LogP contribution in [0.5, 0.6) is 23.0 Å². The Labute approximate surface area is 236 Å². The minimum atomic E-state index is -1.42. The van der Waals surface area contributed by atoms with Crippen LogP contribution in [-0.2, 0) is 10.3 Å². The molecule has 2 heterocycles. The zero-order valence-electron chi connectivity index (χ0n) is 20.7. The lowest BCUT2D eigenvalue weighted by atomic mass is 9.77. The van der Waals surface area contributed by atoms with Crippen molar-refractivity contribution in [2.75, 3.05) is 10.6 Å². The van der Waals surface area contributed by atoms with Gasteiger partial charge in [-0.05, 0) is 66.8 Å². The van der Waals surface area contributed by atoms with E-state index in [-0.39, 0.29) is 50.5 Å². The molecule has 0 fully saturated rings. The van der Waals surface area contributed by atoms with Gasteiger partial charge in [0.1, 0.15) is 23.0 Å². The molecule has 0 atom stereocenters. The van der Waals surface area contributed by atoms with E-state index >= 15 is 0 Å². The number of carbonyl (C=O) groups excluding carboxylic acids is 1. The smallest absolute Gasteiger partial charge is 0.340 e. The van der Waals surface area contributed by atoms with E-state index in [1.54, 1.807) is 24.3 Å². The van der Waals surface area contributed by atoms with Gasteiger partial charge in [0.25, 0.3) is 0 Å². The molecule has 0 aromatic heterocycles. The maximum atomic E-state index is 13.3. The molecule has 11 nitrogen and oxygen atoms in total. The van der Waals surface area contributed by atoms with Crippen LogP contribution in [0, 0.1) is 0 Å². The Hall–Kier alpha value is -5.62. The molecule has 0 radical (unpaired) electrons. The first-order valence-corrected chi connectivity index (χ1v) is 12.4. The number of aromatic carboxylic acids is 2. The van der Waals surface area contributed by atoms with Gasteiger partial charge in [-0.15, -0.1) is 0 Å². The van der Waals surface area contributed by atoms with E-state index in [4.69, 9.17) is 21.7 Å². The molecule has 0 saturated heterocycles. The van der Waals surface area contributed by atoms with Crippen molar-refractivity contribution in [3.8, 4) is 23.0 Å². The highest BCUT2D eigenvalue weighted by Gasteiger charge is 2.53. The molecule has 12 heteroatoms. The number of thiocarbonyl (C=S) groups is 1. The summed E-state index contributed by atoms with van der Waals surface area (Å²) in [5, 5.41) is 44.4. The molecule has 0 amide bonds. The highest BCUT2D eigenvalue weighted by Crippen LogP contribution is 2.57. The van der Waals surface area contributed by atoms with Gasteiger partial charge < -0.3 is 40.5 Å². The summed E-state index contributed by atoms with van der Waals surface area (Å²) in [6.07, 6.45) is 0. The van der Waals surface area contributed by atoms with Gasteiger partial charge in [0, 0.05) is 40.2 Å². The summed E-state index contributed by atoms with van der Waals surface area (Å²) >= 11 is 5.34. The summed E-state index contributed by atoms with van der Waals surface area (Å²) in [4.78, 5) is 36.1. The SMILES string of the molecule is O=C(O)c1cc(NC(=S)Nc2ccc3c(c2)C(=O)OC32c3ccc(O)cc3Oc3cc(O)ccc32)cc(C(=O)O)c1. The number of aromatic hydroxyl groups is 2. The predicted molar refractivity (Wildman–Crippen MR) is 148 cm³/mol. The second-order valence-corrected chi connectivity index (χ2v) is 9.69. The van der Waals surface area contributed by atoms with Crippen LogP contribution in [0.1, 0.15) is 47.8 Å². The number of phenolic OH excluding ortho intramolecular Hbond substituents is 2. The third-order valence-electron chi connectivity index (χ3n) is 6.72. The van der Waals surface area contributed by atoms with Crippen molar-refractivity contribution in [3.63, 3.8) is 0 Å². The van der Waals surface area contributed by atoms with Gasteiger partial charge in [-0.3, -0.25) is 0 Å². The average Bonchev–Trinajstić information content (AvgIpc) is 3.19. The van der Waals surface area contributed by atoms with Gasteiger partial charge in [-0.1, -0.05) is 6.07 Å². The molecule has 0 bridgehead atoms. The van der Waals surface area contributed by atoms with E-state index in [0.29, 0.717) is 22.4 Å². The third kappa shape index (κ3) is 4.22. The Kier molecular flexibility index (Phi) is 5.78. The number of phenols is 2. The highest BCUT2D eigenvalue weighted by molar-refractivity contribution is 7.80. The topological polar surface area (TPSA) is 175 Å². The first-order chi connectivity index (χ1) is 19.5. The quantitative estimate of drug-likeness (QED) is 0.145. The first kappa shape index (κ1) is 25.6. The van der Waals surface area contributed by atoms with E-state index in [1.807, 2.05) is 0 Å². The molecule has 6 rings (SSSR count). The number of rotatable bonds is 4. The lowest BCUT2D eigenvalue weighted by Gasteiger charge is -2.36. The highest BCUT2D eigenvalue weighted by atomic mass is 32.1. The van der Waals surface area contributed by atoms with Gasteiger partial charge in [0.15, 0.2) is 10.7 Å². The first-order valence-electron chi connectivity index (χ1n) is 12.0. The second kappa shape index (κ2) is 9.24. The molecule has 0 aliphatic carbocycles. The summed E-state index contributed by atoms with van der Waals surface area (Å²) in [6.45, 7) is 0. The Morgan fingerprint density at radius 1 is 0.707 bits per heavy atom. The molecule has 204 valence electrons. The summed E-state index contributed by atoms with van der Waals surface area (Å²) in [6, 6.07) is 17.3. The number of fused-ring (bicyclic) bond motifs is 6. The molecule has 2 aliphatic rings. The largest absolute Gasteiger partial charge is 0.508 e. The van der Waals surface area contributed by atoms with E-state index in [9.17, 15) is 34.8 Å². The normalized spacial score (nSPS) is 13.7. The van der Waals surface area contributed by atoms with Gasteiger partial charge in [-0.2, -0.15) is 0 Å². The summed E-state index contributed by atoms with van der Waals surface area (Å²) in [7, 11) is 0.